The molecule has 3 rings (SSSR count). The van der Waals surface area contributed by atoms with Crippen LogP contribution in [0.15, 0.2) is 53.9 Å². The fourth-order valence-corrected chi connectivity index (χ4v) is 3.28. The lowest BCUT2D eigenvalue weighted by molar-refractivity contribution is -0.384. The molecule has 1 amide bonds. The van der Waals surface area contributed by atoms with Crippen molar-refractivity contribution in [1.29, 1.82) is 0 Å². The summed E-state index contributed by atoms with van der Waals surface area (Å²) in [7, 11) is 0. The Morgan fingerprint density at radius 3 is 2.73 bits per heavy atom. The molecule has 0 aliphatic heterocycles. The van der Waals surface area contributed by atoms with Gasteiger partial charge in [0.1, 0.15) is 5.01 Å². The number of aromatic nitrogens is 1. The number of benzene rings is 2. The molecule has 2 aromatic carbocycles. The van der Waals surface area contributed by atoms with E-state index in [4.69, 9.17) is 0 Å². The van der Waals surface area contributed by atoms with Gasteiger partial charge in [-0.2, -0.15) is 0 Å². The van der Waals surface area contributed by atoms with Crippen LogP contribution in [-0.4, -0.2) is 22.4 Å². The smallest absolute Gasteiger partial charge is 0.270 e. The van der Waals surface area contributed by atoms with Crippen LogP contribution in [0.25, 0.3) is 10.6 Å². The minimum atomic E-state index is -0.515. The zero-order valence-electron chi connectivity index (χ0n) is 14.1. The maximum atomic E-state index is 12.1. The summed E-state index contributed by atoms with van der Waals surface area (Å²) in [5.41, 5.74) is 3.37. The van der Waals surface area contributed by atoms with Gasteiger partial charge in [-0.15, -0.1) is 11.3 Å². The van der Waals surface area contributed by atoms with E-state index in [-0.39, 0.29) is 17.2 Å². The molecule has 3 aromatic rings. The van der Waals surface area contributed by atoms with Gasteiger partial charge in [-0.1, -0.05) is 35.9 Å². The van der Waals surface area contributed by atoms with E-state index in [0.29, 0.717) is 13.0 Å². The normalized spacial score (nSPS) is 10.5. The van der Waals surface area contributed by atoms with Crippen LogP contribution in [-0.2, 0) is 6.42 Å². The van der Waals surface area contributed by atoms with Crippen LogP contribution in [0.4, 0.5) is 5.69 Å². The van der Waals surface area contributed by atoms with Crippen molar-refractivity contribution in [3.8, 4) is 10.6 Å². The fourth-order valence-electron chi connectivity index (χ4n) is 2.42. The first-order valence-electron chi connectivity index (χ1n) is 8.07. The number of rotatable bonds is 6. The summed E-state index contributed by atoms with van der Waals surface area (Å²) < 4.78 is 0. The van der Waals surface area contributed by atoms with Gasteiger partial charge in [-0.05, 0) is 13.0 Å². The van der Waals surface area contributed by atoms with Crippen molar-refractivity contribution in [2.45, 2.75) is 13.3 Å². The van der Waals surface area contributed by atoms with Gasteiger partial charge >= 0.3 is 0 Å². The molecule has 6 nitrogen and oxygen atoms in total. The van der Waals surface area contributed by atoms with E-state index in [1.807, 2.05) is 24.4 Å². The van der Waals surface area contributed by atoms with E-state index in [1.165, 1.54) is 23.8 Å². The summed E-state index contributed by atoms with van der Waals surface area (Å²) in [6.45, 7) is 2.46. The summed E-state index contributed by atoms with van der Waals surface area (Å²) in [6.07, 6.45) is 0.600. The third-order valence-corrected chi connectivity index (χ3v) is 4.78. The zero-order chi connectivity index (χ0) is 18.5. The number of nitro benzene ring substituents is 1. The Labute approximate surface area is 154 Å². The minimum Gasteiger partial charge on any atom is -0.352 e. The van der Waals surface area contributed by atoms with Crippen molar-refractivity contribution in [2.24, 2.45) is 0 Å². The molecule has 26 heavy (non-hydrogen) atoms. The molecule has 0 aliphatic carbocycles. The number of nitro groups is 1. The van der Waals surface area contributed by atoms with Gasteiger partial charge in [0.15, 0.2) is 0 Å². The van der Waals surface area contributed by atoms with Crippen LogP contribution in [0, 0.1) is 17.0 Å². The molecule has 0 saturated carbocycles. The van der Waals surface area contributed by atoms with Gasteiger partial charge in [0.25, 0.3) is 11.6 Å². The molecular formula is C19H17N3O3S. The van der Waals surface area contributed by atoms with Crippen LogP contribution in [0.1, 0.15) is 21.6 Å². The lowest BCUT2D eigenvalue weighted by Gasteiger charge is -2.04. The number of nitrogens with one attached hydrogen (secondary N) is 1. The van der Waals surface area contributed by atoms with Gasteiger partial charge in [-0.25, -0.2) is 4.98 Å². The summed E-state index contributed by atoms with van der Waals surface area (Å²) in [4.78, 5) is 27.0. The first kappa shape index (κ1) is 17.8. The van der Waals surface area contributed by atoms with Gasteiger partial charge in [0.05, 0.1) is 10.6 Å². The monoisotopic (exact) mass is 367 g/mol. The van der Waals surface area contributed by atoms with Crippen LogP contribution in [0.2, 0.25) is 0 Å². The van der Waals surface area contributed by atoms with Gasteiger partial charge < -0.3 is 5.32 Å². The first-order valence-corrected chi connectivity index (χ1v) is 8.95. The SMILES string of the molecule is Cc1ccc(-c2nc(CCNC(=O)c3cccc([N+](=O)[O-])c3)cs2)cc1. The highest BCUT2D eigenvalue weighted by molar-refractivity contribution is 7.13. The average Bonchev–Trinajstić information content (AvgIpc) is 3.11. The van der Waals surface area contributed by atoms with Crippen molar-refractivity contribution in [2.75, 3.05) is 6.54 Å². The number of thiazole rings is 1. The lowest BCUT2D eigenvalue weighted by atomic mass is 10.2. The number of amides is 1. The molecular weight excluding hydrogens is 350 g/mol. The maximum Gasteiger partial charge on any atom is 0.270 e. The molecule has 1 N–H and O–H groups in total. The van der Waals surface area contributed by atoms with Gasteiger partial charge in [0, 0.05) is 41.6 Å². The molecule has 0 saturated heterocycles. The van der Waals surface area contributed by atoms with Crippen LogP contribution in [0.5, 0.6) is 0 Å². The molecule has 0 radical (unpaired) electrons. The maximum absolute atomic E-state index is 12.1. The number of carbonyl (C=O) groups excluding carboxylic acids is 1. The largest absolute Gasteiger partial charge is 0.352 e. The predicted molar refractivity (Wildman–Crippen MR) is 101 cm³/mol. The Morgan fingerprint density at radius 1 is 1.23 bits per heavy atom. The number of nitrogens with zero attached hydrogens (tertiary/aromatic N) is 2. The second kappa shape index (κ2) is 7.88. The molecule has 0 unspecified atom stereocenters. The number of non-ortho nitro benzene ring substituents is 1. The van der Waals surface area contributed by atoms with Crippen LogP contribution >= 0.6 is 11.3 Å². The highest BCUT2D eigenvalue weighted by Crippen LogP contribution is 2.24. The van der Waals surface area contributed by atoms with E-state index >= 15 is 0 Å². The number of carbonyl (C=O) groups is 1. The van der Waals surface area contributed by atoms with E-state index < -0.39 is 4.92 Å². The number of hydrogen-bond donors (Lipinski definition) is 1. The summed E-state index contributed by atoms with van der Waals surface area (Å²) in [5, 5.41) is 16.5. The lowest BCUT2D eigenvalue weighted by Crippen LogP contribution is -2.25. The van der Waals surface area contributed by atoms with Crippen LogP contribution in [0.3, 0.4) is 0 Å². The summed E-state index contributed by atoms with van der Waals surface area (Å²) >= 11 is 1.57. The molecule has 0 atom stereocenters. The van der Waals surface area contributed by atoms with E-state index in [1.54, 1.807) is 17.4 Å². The fraction of sp³-hybridized carbons (Fsp3) is 0.158. The molecule has 7 heteroatoms. The molecule has 0 aliphatic rings. The van der Waals surface area contributed by atoms with Crippen molar-refractivity contribution in [1.82, 2.24) is 10.3 Å². The molecule has 132 valence electrons. The Balaban J connectivity index is 1.57. The number of aryl methyl sites for hydroxylation is 1. The highest BCUT2D eigenvalue weighted by atomic mass is 32.1. The van der Waals surface area contributed by atoms with Crippen molar-refractivity contribution in [3.05, 3.63) is 80.8 Å². The van der Waals surface area contributed by atoms with Gasteiger partial charge in [0.2, 0.25) is 0 Å². The van der Waals surface area contributed by atoms with Crippen LogP contribution < -0.4 is 5.32 Å². The average molecular weight is 367 g/mol. The Morgan fingerprint density at radius 2 is 2.00 bits per heavy atom. The van der Waals surface area contributed by atoms with E-state index in [9.17, 15) is 14.9 Å². The molecule has 1 heterocycles. The second-order valence-electron chi connectivity index (χ2n) is 5.82. The summed E-state index contributed by atoms with van der Waals surface area (Å²) in [6, 6.07) is 13.9. The highest BCUT2D eigenvalue weighted by Gasteiger charge is 2.11. The quantitative estimate of drug-likeness (QED) is 0.527. The molecule has 0 bridgehead atoms. The second-order valence-corrected chi connectivity index (χ2v) is 6.68. The third-order valence-electron chi connectivity index (χ3n) is 3.84. The summed E-state index contributed by atoms with van der Waals surface area (Å²) in [5.74, 6) is -0.331. The Kier molecular flexibility index (Phi) is 5.38. The molecule has 1 aromatic heterocycles. The topological polar surface area (TPSA) is 85.1 Å². The van der Waals surface area contributed by atoms with Crippen molar-refractivity contribution in [3.63, 3.8) is 0 Å². The molecule has 0 spiro atoms. The Hall–Kier alpha value is -3.06. The predicted octanol–water partition coefficient (Wildman–Crippen LogP) is 4.00. The van der Waals surface area contributed by atoms with Crippen molar-refractivity contribution < 1.29 is 9.72 Å². The van der Waals surface area contributed by atoms with E-state index in [0.717, 1.165) is 16.3 Å². The first-order chi connectivity index (χ1) is 12.5. The standard InChI is InChI=1S/C19H17N3O3S/c1-13-5-7-14(8-6-13)19-21-16(12-26-19)9-10-20-18(23)15-3-2-4-17(11-15)22(24)25/h2-8,11-12H,9-10H2,1H3,(H,20,23). The van der Waals surface area contributed by atoms with Crippen molar-refractivity contribution >= 4 is 22.9 Å². The minimum absolute atomic E-state index is 0.0973. The third kappa shape index (κ3) is 4.31. The zero-order valence-corrected chi connectivity index (χ0v) is 15.0. The Bertz CT molecular complexity index is 935. The van der Waals surface area contributed by atoms with E-state index in [2.05, 4.69) is 22.4 Å². The van der Waals surface area contributed by atoms with Gasteiger partial charge in [-0.3, -0.25) is 14.9 Å². The molecule has 0 fully saturated rings. The number of hydrogen-bond acceptors (Lipinski definition) is 5.